The van der Waals surface area contributed by atoms with Crippen LogP contribution < -0.4 is 14.8 Å². The Bertz CT molecular complexity index is 941. The standard InChI is InChI=1S/C27H32N2O3/c1-3-4-19-31-25-14-10-23(11-15-25)24-12-16-26(17-13-24)32-20-18-29(27(30)28-2)21-22-8-6-5-7-9-22/h5-17H,3-4,18-21H2,1-2H3,(H,28,30). The number of nitrogens with one attached hydrogen (secondary N) is 1. The van der Waals surface area contributed by atoms with Crippen molar-refractivity contribution in [2.75, 3.05) is 26.8 Å². The van der Waals surface area contributed by atoms with Gasteiger partial charge in [0.25, 0.3) is 0 Å². The lowest BCUT2D eigenvalue weighted by Gasteiger charge is -2.22. The van der Waals surface area contributed by atoms with Gasteiger partial charge in [0, 0.05) is 13.6 Å². The highest BCUT2D eigenvalue weighted by Crippen LogP contribution is 2.25. The number of ether oxygens (including phenoxy) is 2. The molecule has 0 aromatic heterocycles. The third kappa shape index (κ3) is 7.05. The van der Waals surface area contributed by atoms with Gasteiger partial charge in [0.15, 0.2) is 0 Å². The van der Waals surface area contributed by atoms with E-state index in [0.29, 0.717) is 19.7 Å². The molecule has 32 heavy (non-hydrogen) atoms. The number of amides is 2. The molecule has 0 aliphatic heterocycles. The molecule has 168 valence electrons. The van der Waals surface area contributed by atoms with E-state index in [-0.39, 0.29) is 6.03 Å². The molecule has 3 rings (SSSR count). The monoisotopic (exact) mass is 432 g/mol. The number of hydrogen-bond acceptors (Lipinski definition) is 3. The molecule has 2 amide bonds. The van der Waals surface area contributed by atoms with Gasteiger partial charge in [-0.15, -0.1) is 0 Å². The summed E-state index contributed by atoms with van der Waals surface area (Å²) in [6.07, 6.45) is 2.19. The van der Waals surface area contributed by atoms with Crippen LogP contribution in [0.4, 0.5) is 4.79 Å². The van der Waals surface area contributed by atoms with Gasteiger partial charge >= 0.3 is 6.03 Å². The molecule has 0 heterocycles. The second-order valence-electron chi connectivity index (χ2n) is 7.56. The van der Waals surface area contributed by atoms with E-state index in [1.54, 1.807) is 11.9 Å². The fraction of sp³-hybridized carbons (Fsp3) is 0.296. The maximum Gasteiger partial charge on any atom is 0.317 e. The van der Waals surface area contributed by atoms with Gasteiger partial charge in [0.05, 0.1) is 13.2 Å². The zero-order valence-electron chi connectivity index (χ0n) is 18.9. The van der Waals surface area contributed by atoms with Gasteiger partial charge in [-0.2, -0.15) is 0 Å². The van der Waals surface area contributed by atoms with Gasteiger partial charge in [0.2, 0.25) is 0 Å². The van der Waals surface area contributed by atoms with Crippen molar-refractivity contribution in [1.82, 2.24) is 10.2 Å². The lowest BCUT2D eigenvalue weighted by atomic mass is 10.1. The number of nitrogens with zero attached hydrogens (tertiary/aromatic N) is 1. The van der Waals surface area contributed by atoms with Gasteiger partial charge in [-0.3, -0.25) is 0 Å². The van der Waals surface area contributed by atoms with Crippen LogP contribution in [0.1, 0.15) is 25.3 Å². The van der Waals surface area contributed by atoms with Crippen molar-refractivity contribution in [3.8, 4) is 22.6 Å². The molecule has 0 aliphatic rings. The van der Waals surface area contributed by atoms with Crippen LogP contribution in [0, 0.1) is 0 Å². The molecular formula is C27H32N2O3. The minimum Gasteiger partial charge on any atom is -0.494 e. The summed E-state index contributed by atoms with van der Waals surface area (Å²) in [4.78, 5) is 14.0. The van der Waals surface area contributed by atoms with Crippen molar-refractivity contribution >= 4 is 6.03 Å². The first-order valence-corrected chi connectivity index (χ1v) is 11.2. The van der Waals surface area contributed by atoms with Crippen LogP contribution in [0.15, 0.2) is 78.9 Å². The first-order valence-electron chi connectivity index (χ1n) is 11.2. The molecule has 0 radical (unpaired) electrons. The second kappa shape index (κ2) is 12.4. The molecule has 3 aromatic carbocycles. The molecule has 5 heteroatoms. The zero-order valence-corrected chi connectivity index (χ0v) is 18.9. The molecule has 0 aliphatic carbocycles. The molecule has 0 atom stereocenters. The third-order valence-electron chi connectivity index (χ3n) is 5.16. The largest absolute Gasteiger partial charge is 0.494 e. The molecule has 0 fully saturated rings. The summed E-state index contributed by atoms with van der Waals surface area (Å²) in [7, 11) is 1.64. The predicted octanol–water partition coefficient (Wildman–Crippen LogP) is 5.75. The van der Waals surface area contributed by atoms with Crippen LogP contribution in [0.25, 0.3) is 11.1 Å². The van der Waals surface area contributed by atoms with Gasteiger partial charge < -0.3 is 19.7 Å². The van der Waals surface area contributed by atoms with Crippen molar-refractivity contribution in [3.05, 3.63) is 84.4 Å². The Morgan fingerprint density at radius 1 is 0.812 bits per heavy atom. The van der Waals surface area contributed by atoms with Crippen molar-refractivity contribution in [2.45, 2.75) is 26.3 Å². The zero-order chi connectivity index (χ0) is 22.6. The number of carbonyl (C=O) groups is 1. The number of hydrogen-bond donors (Lipinski definition) is 1. The summed E-state index contributed by atoms with van der Waals surface area (Å²) in [6, 6.07) is 26.0. The molecule has 5 nitrogen and oxygen atoms in total. The maximum atomic E-state index is 12.2. The summed E-state index contributed by atoms with van der Waals surface area (Å²) in [6.45, 7) is 4.37. The quantitative estimate of drug-likeness (QED) is 0.392. The topological polar surface area (TPSA) is 50.8 Å². The van der Waals surface area contributed by atoms with Crippen LogP contribution in [-0.4, -0.2) is 37.7 Å². The van der Waals surface area contributed by atoms with E-state index in [2.05, 4.69) is 24.4 Å². The molecule has 3 aromatic rings. The van der Waals surface area contributed by atoms with Gasteiger partial charge in [-0.25, -0.2) is 4.79 Å². The van der Waals surface area contributed by atoms with Gasteiger partial charge in [-0.05, 0) is 47.4 Å². The van der Waals surface area contributed by atoms with E-state index in [4.69, 9.17) is 9.47 Å². The van der Waals surface area contributed by atoms with E-state index in [1.165, 1.54) is 0 Å². The van der Waals surface area contributed by atoms with Crippen molar-refractivity contribution in [2.24, 2.45) is 0 Å². The number of unbranched alkanes of at least 4 members (excludes halogenated alkanes) is 1. The fourth-order valence-electron chi connectivity index (χ4n) is 3.31. The van der Waals surface area contributed by atoms with Crippen LogP contribution in [0.5, 0.6) is 11.5 Å². The lowest BCUT2D eigenvalue weighted by molar-refractivity contribution is 0.181. The molecule has 0 unspecified atom stereocenters. The Morgan fingerprint density at radius 3 is 1.91 bits per heavy atom. The minimum atomic E-state index is -0.116. The van der Waals surface area contributed by atoms with Crippen LogP contribution in [-0.2, 0) is 6.54 Å². The Morgan fingerprint density at radius 2 is 1.38 bits per heavy atom. The van der Waals surface area contributed by atoms with Crippen LogP contribution in [0.2, 0.25) is 0 Å². The molecule has 0 bridgehead atoms. The van der Waals surface area contributed by atoms with E-state index >= 15 is 0 Å². The van der Waals surface area contributed by atoms with Gasteiger partial charge in [-0.1, -0.05) is 67.9 Å². The Labute approximate surface area is 191 Å². The highest BCUT2D eigenvalue weighted by atomic mass is 16.5. The lowest BCUT2D eigenvalue weighted by Crippen LogP contribution is -2.40. The van der Waals surface area contributed by atoms with Crippen LogP contribution >= 0.6 is 0 Å². The number of urea groups is 1. The fourth-order valence-corrected chi connectivity index (χ4v) is 3.31. The molecular weight excluding hydrogens is 400 g/mol. The van der Waals surface area contributed by atoms with E-state index < -0.39 is 0 Å². The molecule has 0 saturated heterocycles. The van der Waals surface area contributed by atoms with E-state index in [0.717, 1.165) is 47.6 Å². The van der Waals surface area contributed by atoms with Crippen molar-refractivity contribution < 1.29 is 14.3 Å². The first kappa shape index (κ1) is 23.2. The average Bonchev–Trinajstić information content (AvgIpc) is 2.84. The Balaban J connectivity index is 1.52. The first-order chi connectivity index (χ1) is 15.7. The van der Waals surface area contributed by atoms with E-state index in [9.17, 15) is 4.79 Å². The maximum absolute atomic E-state index is 12.2. The summed E-state index contributed by atoms with van der Waals surface area (Å²) in [5.41, 5.74) is 3.34. The summed E-state index contributed by atoms with van der Waals surface area (Å²) in [5.74, 6) is 1.68. The molecule has 0 spiro atoms. The highest BCUT2D eigenvalue weighted by Gasteiger charge is 2.12. The molecule has 0 saturated carbocycles. The summed E-state index contributed by atoms with van der Waals surface area (Å²) in [5, 5.41) is 2.70. The summed E-state index contributed by atoms with van der Waals surface area (Å²) < 4.78 is 11.6. The Hall–Kier alpha value is -3.47. The number of rotatable bonds is 11. The van der Waals surface area contributed by atoms with Gasteiger partial charge in [0.1, 0.15) is 18.1 Å². The average molecular weight is 433 g/mol. The minimum absolute atomic E-state index is 0.116. The Kier molecular flexibility index (Phi) is 8.99. The molecule has 1 N–H and O–H groups in total. The smallest absolute Gasteiger partial charge is 0.317 e. The predicted molar refractivity (Wildman–Crippen MR) is 129 cm³/mol. The van der Waals surface area contributed by atoms with Crippen molar-refractivity contribution in [3.63, 3.8) is 0 Å². The highest BCUT2D eigenvalue weighted by molar-refractivity contribution is 5.73. The van der Waals surface area contributed by atoms with Crippen molar-refractivity contribution in [1.29, 1.82) is 0 Å². The second-order valence-corrected chi connectivity index (χ2v) is 7.56. The number of benzene rings is 3. The number of carbonyl (C=O) groups excluding carboxylic acids is 1. The normalized spacial score (nSPS) is 10.4. The van der Waals surface area contributed by atoms with Crippen LogP contribution in [0.3, 0.4) is 0 Å². The van der Waals surface area contributed by atoms with E-state index in [1.807, 2.05) is 66.7 Å². The third-order valence-corrected chi connectivity index (χ3v) is 5.16. The SMILES string of the molecule is CCCCOc1ccc(-c2ccc(OCCN(Cc3ccccc3)C(=O)NC)cc2)cc1. The summed E-state index contributed by atoms with van der Waals surface area (Å²) >= 11 is 0.